The molecule has 0 aliphatic heterocycles. The second-order valence-corrected chi connectivity index (χ2v) is 8.60. The summed E-state index contributed by atoms with van der Waals surface area (Å²) in [5.41, 5.74) is 2.14. The Morgan fingerprint density at radius 2 is 1.97 bits per heavy atom. The second-order valence-electron chi connectivity index (χ2n) is 7.25. The highest BCUT2D eigenvalue weighted by atomic mass is 35.5. The molecule has 0 aliphatic rings. The largest absolute Gasteiger partial charge is 0.492 e. The van der Waals surface area contributed by atoms with Crippen LogP contribution in [0, 0.1) is 6.92 Å². The Morgan fingerprint density at radius 3 is 2.71 bits per heavy atom. The molecule has 3 rings (SSSR count). The molecule has 0 bridgehead atoms. The van der Waals surface area contributed by atoms with Crippen LogP contribution in [0.15, 0.2) is 60.3 Å². The molecular weight excluding hydrogens is 474 g/mol. The highest BCUT2D eigenvalue weighted by molar-refractivity contribution is 7.99. The van der Waals surface area contributed by atoms with Crippen LogP contribution in [0.5, 0.6) is 5.75 Å². The van der Waals surface area contributed by atoms with E-state index in [1.54, 1.807) is 34.9 Å². The molecule has 0 fully saturated rings. The van der Waals surface area contributed by atoms with E-state index in [9.17, 15) is 9.59 Å². The van der Waals surface area contributed by atoms with Gasteiger partial charge < -0.3 is 19.9 Å². The molecule has 0 saturated heterocycles. The third-order valence-electron chi connectivity index (χ3n) is 4.67. The Hall–Kier alpha value is -3.30. The van der Waals surface area contributed by atoms with Gasteiger partial charge in [-0.3, -0.25) is 9.59 Å². The number of hydrogen-bond donors (Lipinski definition) is 2. The van der Waals surface area contributed by atoms with E-state index in [4.69, 9.17) is 16.3 Å². The van der Waals surface area contributed by atoms with Gasteiger partial charge in [-0.05, 0) is 43.7 Å². The van der Waals surface area contributed by atoms with Gasteiger partial charge in [-0.15, -0.1) is 16.8 Å². The number of nitrogens with one attached hydrogen (secondary N) is 2. The lowest BCUT2D eigenvalue weighted by atomic mass is 10.2. The van der Waals surface area contributed by atoms with Crippen molar-refractivity contribution in [1.82, 2.24) is 14.8 Å². The van der Waals surface area contributed by atoms with Crippen molar-refractivity contribution in [2.75, 3.05) is 23.0 Å². The molecule has 10 heteroatoms. The number of aryl methyl sites for hydroxylation is 1. The summed E-state index contributed by atoms with van der Waals surface area (Å²) in [5, 5.41) is 15.1. The third kappa shape index (κ3) is 6.85. The van der Waals surface area contributed by atoms with Gasteiger partial charge in [0.15, 0.2) is 5.16 Å². The SMILES string of the molecule is C=CCn1c(CC(=O)Nc2ccc(C)c(Cl)c2)nnc1SCC(=O)Nc1ccccc1OCC. The molecule has 2 N–H and O–H groups in total. The van der Waals surface area contributed by atoms with Crippen LogP contribution in [-0.2, 0) is 22.6 Å². The molecule has 0 atom stereocenters. The van der Waals surface area contributed by atoms with Gasteiger partial charge in [0.1, 0.15) is 11.6 Å². The number of rotatable bonds is 11. The summed E-state index contributed by atoms with van der Waals surface area (Å²) in [6, 6.07) is 12.6. The predicted octanol–water partition coefficient (Wildman–Crippen LogP) is 4.74. The molecule has 1 aromatic heterocycles. The van der Waals surface area contributed by atoms with Gasteiger partial charge in [0, 0.05) is 17.3 Å². The zero-order valence-corrected chi connectivity index (χ0v) is 20.6. The Kier molecular flexibility index (Phi) is 9.12. The average molecular weight is 500 g/mol. The topological polar surface area (TPSA) is 98.1 Å². The number of hydrogen-bond acceptors (Lipinski definition) is 6. The maximum absolute atomic E-state index is 12.6. The minimum atomic E-state index is -0.251. The zero-order valence-electron chi connectivity index (χ0n) is 19.0. The van der Waals surface area contributed by atoms with Gasteiger partial charge in [-0.1, -0.05) is 47.6 Å². The first kappa shape index (κ1) is 25.3. The Morgan fingerprint density at radius 1 is 1.18 bits per heavy atom. The summed E-state index contributed by atoms with van der Waals surface area (Å²) in [6.07, 6.45) is 1.70. The Labute approximate surface area is 207 Å². The van der Waals surface area contributed by atoms with E-state index in [-0.39, 0.29) is 24.0 Å². The predicted molar refractivity (Wildman–Crippen MR) is 136 cm³/mol. The van der Waals surface area contributed by atoms with Crippen molar-refractivity contribution >= 4 is 46.6 Å². The summed E-state index contributed by atoms with van der Waals surface area (Å²) in [4.78, 5) is 25.1. The number of aromatic nitrogens is 3. The molecule has 2 amide bonds. The van der Waals surface area contributed by atoms with Crippen LogP contribution in [0.3, 0.4) is 0 Å². The van der Waals surface area contributed by atoms with E-state index in [1.165, 1.54) is 11.8 Å². The molecule has 1 heterocycles. The smallest absolute Gasteiger partial charge is 0.234 e. The first-order valence-electron chi connectivity index (χ1n) is 10.6. The maximum Gasteiger partial charge on any atom is 0.234 e. The fourth-order valence-corrected chi connectivity index (χ4v) is 4.00. The van der Waals surface area contributed by atoms with Gasteiger partial charge in [0.2, 0.25) is 11.8 Å². The van der Waals surface area contributed by atoms with Gasteiger partial charge in [-0.2, -0.15) is 0 Å². The summed E-state index contributed by atoms with van der Waals surface area (Å²) in [7, 11) is 0. The minimum Gasteiger partial charge on any atom is -0.492 e. The number of thioether (sulfide) groups is 1. The van der Waals surface area contributed by atoms with E-state index in [0.29, 0.717) is 46.3 Å². The first-order chi connectivity index (χ1) is 16.4. The van der Waals surface area contributed by atoms with E-state index in [2.05, 4.69) is 27.4 Å². The maximum atomic E-state index is 12.6. The number of allylic oxidation sites excluding steroid dienone is 1. The number of para-hydroxylation sites is 2. The van der Waals surface area contributed by atoms with Crippen LogP contribution in [0.4, 0.5) is 11.4 Å². The van der Waals surface area contributed by atoms with Crippen molar-refractivity contribution < 1.29 is 14.3 Å². The van der Waals surface area contributed by atoms with Crippen LogP contribution in [0.1, 0.15) is 18.3 Å². The lowest BCUT2D eigenvalue weighted by molar-refractivity contribution is -0.116. The second kappa shape index (κ2) is 12.2. The monoisotopic (exact) mass is 499 g/mol. The fraction of sp³-hybridized carbons (Fsp3) is 0.250. The first-order valence-corrected chi connectivity index (χ1v) is 12.0. The van der Waals surface area contributed by atoms with Gasteiger partial charge in [0.25, 0.3) is 0 Å². The van der Waals surface area contributed by atoms with Crippen LogP contribution in [-0.4, -0.2) is 38.9 Å². The number of benzene rings is 2. The van der Waals surface area contributed by atoms with Gasteiger partial charge >= 0.3 is 0 Å². The van der Waals surface area contributed by atoms with Crippen molar-refractivity contribution in [3.05, 3.63) is 71.5 Å². The molecule has 0 spiro atoms. The lowest BCUT2D eigenvalue weighted by Crippen LogP contribution is -2.18. The highest BCUT2D eigenvalue weighted by Crippen LogP contribution is 2.25. The number of carbonyl (C=O) groups excluding carboxylic acids is 2. The zero-order chi connectivity index (χ0) is 24.5. The van der Waals surface area contributed by atoms with Crippen molar-refractivity contribution in [2.24, 2.45) is 0 Å². The van der Waals surface area contributed by atoms with E-state index in [1.807, 2.05) is 32.0 Å². The van der Waals surface area contributed by atoms with Crippen LogP contribution in [0.2, 0.25) is 5.02 Å². The summed E-state index contributed by atoms with van der Waals surface area (Å²) in [5.74, 6) is 0.742. The van der Waals surface area contributed by atoms with E-state index in [0.717, 1.165) is 5.56 Å². The van der Waals surface area contributed by atoms with E-state index >= 15 is 0 Å². The molecule has 0 aliphatic carbocycles. The molecule has 0 saturated carbocycles. The molecule has 34 heavy (non-hydrogen) atoms. The lowest BCUT2D eigenvalue weighted by Gasteiger charge is -2.11. The number of anilines is 2. The number of carbonyl (C=O) groups is 2. The molecule has 0 radical (unpaired) electrons. The van der Waals surface area contributed by atoms with E-state index < -0.39 is 0 Å². The van der Waals surface area contributed by atoms with Crippen molar-refractivity contribution in [3.63, 3.8) is 0 Å². The molecular formula is C24H26ClN5O3S. The fourth-order valence-electron chi connectivity index (χ4n) is 3.06. The molecule has 0 unspecified atom stereocenters. The number of halogens is 1. The van der Waals surface area contributed by atoms with Crippen LogP contribution >= 0.6 is 23.4 Å². The van der Waals surface area contributed by atoms with Gasteiger partial charge in [0.05, 0.1) is 24.5 Å². The Bertz CT molecular complexity index is 1180. The highest BCUT2D eigenvalue weighted by Gasteiger charge is 2.17. The average Bonchev–Trinajstić information content (AvgIpc) is 3.17. The minimum absolute atomic E-state index is 0.0147. The molecule has 3 aromatic rings. The normalized spacial score (nSPS) is 10.6. The molecule has 2 aromatic carbocycles. The third-order valence-corrected chi connectivity index (χ3v) is 6.05. The van der Waals surface area contributed by atoms with Crippen molar-refractivity contribution in [3.8, 4) is 5.75 Å². The summed E-state index contributed by atoms with van der Waals surface area (Å²) >= 11 is 7.36. The quantitative estimate of drug-likeness (QED) is 0.292. The van der Waals surface area contributed by atoms with Crippen LogP contribution in [0.25, 0.3) is 0 Å². The number of nitrogens with zero attached hydrogens (tertiary/aromatic N) is 3. The number of amides is 2. The molecule has 178 valence electrons. The summed E-state index contributed by atoms with van der Waals surface area (Å²) in [6.45, 7) is 8.45. The number of ether oxygens (including phenoxy) is 1. The molecule has 8 nitrogen and oxygen atoms in total. The van der Waals surface area contributed by atoms with Crippen LogP contribution < -0.4 is 15.4 Å². The van der Waals surface area contributed by atoms with Gasteiger partial charge in [-0.25, -0.2) is 0 Å². The van der Waals surface area contributed by atoms with Crippen molar-refractivity contribution in [2.45, 2.75) is 32.0 Å². The Balaban J connectivity index is 1.63. The standard InChI is InChI=1S/C24H26ClN5O3S/c1-4-12-30-21(14-22(31)26-17-11-10-16(3)18(25)13-17)28-29-24(30)34-15-23(32)27-19-8-6-7-9-20(19)33-5-2/h4,6-11,13H,1,5,12,14-15H2,2-3H3,(H,26,31)(H,27,32). The van der Waals surface area contributed by atoms with Crippen molar-refractivity contribution in [1.29, 1.82) is 0 Å². The summed E-state index contributed by atoms with van der Waals surface area (Å²) < 4.78 is 7.31.